The topological polar surface area (TPSA) is 35.5 Å². The van der Waals surface area contributed by atoms with Gasteiger partial charge in [-0.2, -0.15) is 0 Å². The highest BCUT2D eigenvalue weighted by Crippen LogP contribution is 2.02. The van der Waals surface area contributed by atoms with Crippen molar-refractivity contribution in [3.63, 3.8) is 0 Å². The van der Waals surface area contributed by atoms with Crippen molar-refractivity contribution in [3.8, 4) is 0 Å². The van der Waals surface area contributed by atoms with Crippen LogP contribution in [-0.4, -0.2) is 28.3 Å². The van der Waals surface area contributed by atoms with Gasteiger partial charge in [0.15, 0.2) is 0 Å². The van der Waals surface area contributed by atoms with Gasteiger partial charge in [0, 0.05) is 5.88 Å². The Morgan fingerprint density at radius 1 is 1.64 bits per heavy atom. The van der Waals surface area contributed by atoms with E-state index in [0.29, 0.717) is 5.88 Å². The van der Waals surface area contributed by atoms with Crippen LogP contribution >= 0.6 is 11.6 Å². The van der Waals surface area contributed by atoms with E-state index in [1.165, 1.54) is 7.11 Å². The van der Waals surface area contributed by atoms with E-state index in [1.54, 1.807) is 0 Å². The SMILES string of the molecule is CO[Si](=O)OC(C)CCCCl. The zero-order chi connectivity index (χ0) is 8.69. The molecule has 5 heteroatoms. The highest BCUT2D eigenvalue weighted by atomic mass is 35.5. The first-order valence-electron chi connectivity index (χ1n) is 3.51. The van der Waals surface area contributed by atoms with E-state index in [0.717, 1.165) is 12.8 Å². The Balaban J connectivity index is 3.35. The smallest absolute Gasteiger partial charge is 0.499 e. The Hall–Kier alpha value is -0.0931. The Bertz CT molecular complexity index is 120. The molecule has 0 aliphatic carbocycles. The van der Waals surface area contributed by atoms with E-state index in [-0.39, 0.29) is 6.10 Å². The van der Waals surface area contributed by atoms with E-state index >= 15 is 0 Å². The fraction of sp³-hybridized carbons (Fsp3) is 1.00. The number of alkyl halides is 1. The second-order valence-electron chi connectivity index (χ2n) is 2.21. The summed E-state index contributed by atoms with van der Waals surface area (Å²) < 4.78 is 20.2. The molecule has 0 fully saturated rings. The molecule has 66 valence electrons. The maximum atomic E-state index is 10.7. The van der Waals surface area contributed by atoms with E-state index in [2.05, 4.69) is 4.43 Å². The highest BCUT2D eigenvalue weighted by molar-refractivity contribution is 6.26. The van der Waals surface area contributed by atoms with Crippen molar-refractivity contribution >= 4 is 20.8 Å². The normalized spacial score (nSPS) is 12.3. The first kappa shape index (κ1) is 10.9. The molecular formula is C6H13ClO3Si. The number of halogens is 1. The molecule has 0 aromatic heterocycles. The lowest BCUT2D eigenvalue weighted by molar-refractivity contribution is 0.136. The van der Waals surface area contributed by atoms with Gasteiger partial charge in [-0.05, 0) is 19.8 Å². The predicted molar refractivity (Wildman–Crippen MR) is 44.0 cm³/mol. The summed E-state index contributed by atoms with van der Waals surface area (Å²) in [5, 5.41) is 0. The van der Waals surface area contributed by atoms with Crippen LogP contribution in [0, 0.1) is 0 Å². The van der Waals surface area contributed by atoms with Crippen molar-refractivity contribution in [2.75, 3.05) is 13.0 Å². The van der Waals surface area contributed by atoms with Crippen LogP contribution in [0.5, 0.6) is 0 Å². The van der Waals surface area contributed by atoms with E-state index in [4.69, 9.17) is 16.0 Å². The minimum absolute atomic E-state index is 0.0277. The fourth-order valence-corrected chi connectivity index (χ4v) is 1.33. The van der Waals surface area contributed by atoms with Gasteiger partial charge in [0.25, 0.3) is 0 Å². The monoisotopic (exact) mass is 196 g/mol. The molecule has 1 atom stereocenters. The van der Waals surface area contributed by atoms with Gasteiger partial charge in [-0.1, -0.05) is 0 Å². The minimum atomic E-state index is -2.25. The first-order valence-corrected chi connectivity index (χ1v) is 5.27. The largest absolute Gasteiger partial charge is 0.767 e. The summed E-state index contributed by atoms with van der Waals surface area (Å²) in [6, 6.07) is 0. The summed E-state index contributed by atoms with van der Waals surface area (Å²) in [6.07, 6.45) is 1.67. The number of rotatable bonds is 6. The van der Waals surface area contributed by atoms with Crippen LogP contribution in [0.15, 0.2) is 0 Å². The van der Waals surface area contributed by atoms with Gasteiger partial charge in [-0.15, -0.1) is 11.6 Å². The molecule has 0 aromatic rings. The first-order chi connectivity index (χ1) is 5.20. The third-order valence-corrected chi connectivity index (χ3v) is 2.40. The average molecular weight is 197 g/mol. The lowest BCUT2D eigenvalue weighted by Crippen LogP contribution is -2.18. The van der Waals surface area contributed by atoms with Crippen molar-refractivity contribution in [2.45, 2.75) is 25.9 Å². The number of hydrogen-bond donors (Lipinski definition) is 0. The molecular weight excluding hydrogens is 184 g/mol. The molecule has 0 aliphatic rings. The summed E-state index contributed by atoms with van der Waals surface area (Å²) in [5.41, 5.74) is 0. The Kier molecular flexibility index (Phi) is 6.55. The van der Waals surface area contributed by atoms with Crippen LogP contribution in [0.4, 0.5) is 0 Å². The van der Waals surface area contributed by atoms with Crippen molar-refractivity contribution in [2.24, 2.45) is 0 Å². The quantitative estimate of drug-likeness (QED) is 0.477. The van der Waals surface area contributed by atoms with Crippen molar-refractivity contribution < 1.29 is 13.3 Å². The number of hydrogen-bond acceptors (Lipinski definition) is 3. The van der Waals surface area contributed by atoms with Gasteiger partial charge in [0.2, 0.25) is 0 Å². The van der Waals surface area contributed by atoms with E-state index in [9.17, 15) is 4.46 Å². The van der Waals surface area contributed by atoms with Crippen LogP contribution in [0.3, 0.4) is 0 Å². The molecule has 0 bridgehead atoms. The Morgan fingerprint density at radius 2 is 2.27 bits per heavy atom. The third kappa shape index (κ3) is 6.31. The van der Waals surface area contributed by atoms with Gasteiger partial charge in [-0.25, -0.2) is 0 Å². The van der Waals surface area contributed by atoms with Crippen LogP contribution in [-0.2, 0) is 13.3 Å². The summed E-state index contributed by atoms with van der Waals surface area (Å²) in [6.45, 7) is 1.86. The standard InChI is InChI=1S/C6H13ClO3Si/c1-6(4-3-5-7)10-11(8)9-2/h6H,3-5H2,1-2H3. The highest BCUT2D eigenvalue weighted by Gasteiger charge is 2.12. The van der Waals surface area contributed by atoms with Gasteiger partial charge < -0.3 is 8.85 Å². The molecule has 1 unspecified atom stereocenters. The molecule has 0 saturated carbocycles. The molecule has 0 aliphatic heterocycles. The molecule has 3 nitrogen and oxygen atoms in total. The van der Waals surface area contributed by atoms with E-state index < -0.39 is 9.17 Å². The lowest BCUT2D eigenvalue weighted by atomic mass is 10.2. The summed E-state index contributed by atoms with van der Waals surface area (Å²) in [7, 11) is -0.881. The van der Waals surface area contributed by atoms with Crippen LogP contribution < -0.4 is 0 Å². The zero-order valence-electron chi connectivity index (χ0n) is 6.80. The van der Waals surface area contributed by atoms with Crippen molar-refractivity contribution in [3.05, 3.63) is 0 Å². The summed E-state index contributed by atoms with van der Waals surface area (Å²) >= 11 is 5.46. The maximum Gasteiger partial charge on any atom is 0.767 e. The Labute approximate surface area is 73.5 Å². The van der Waals surface area contributed by atoms with Crippen LogP contribution in [0.1, 0.15) is 19.8 Å². The van der Waals surface area contributed by atoms with Gasteiger partial charge in [0.05, 0.1) is 13.2 Å². The van der Waals surface area contributed by atoms with Crippen molar-refractivity contribution in [1.29, 1.82) is 0 Å². The lowest BCUT2D eigenvalue weighted by Gasteiger charge is -2.10. The van der Waals surface area contributed by atoms with Gasteiger partial charge in [-0.3, -0.25) is 4.46 Å². The molecule has 0 amide bonds. The summed E-state index contributed by atoms with van der Waals surface area (Å²) in [4.78, 5) is 0. The van der Waals surface area contributed by atoms with E-state index in [1.807, 2.05) is 6.92 Å². The molecule has 0 saturated heterocycles. The van der Waals surface area contributed by atoms with Crippen molar-refractivity contribution in [1.82, 2.24) is 0 Å². The maximum absolute atomic E-state index is 10.7. The zero-order valence-corrected chi connectivity index (χ0v) is 8.56. The van der Waals surface area contributed by atoms with Gasteiger partial charge >= 0.3 is 9.17 Å². The predicted octanol–water partition coefficient (Wildman–Crippen LogP) is 1.47. The Morgan fingerprint density at radius 3 is 2.73 bits per heavy atom. The molecule has 0 N–H and O–H groups in total. The van der Waals surface area contributed by atoms with Crippen LogP contribution in [0.25, 0.3) is 0 Å². The molecule has 0 aromatic carbocycles. The van der Waals surface area contributed by atoms with Crippen LogP contribution in [0.2, 0.25) is 0 Å². The fourth-order valence-electron chi connectivity index (χ4n) is 0.636. The summed E-state index contributed by atoms with van der Waals surface area (Å²) in [5.74, 6) is 0.613. The second kappa shape index (κ2) is 6.61. The molecule has 0 heterocycles. The third-order valence-electron chi connectivity index (χ3n) is 1.21. The molecule has 0 rings (SSSR count). The average Bonchev–Trinajstić information content (AvgIpc) is 2.00. The minimum Gasteiger partial charge on any atom is -0.499 e. The second-order valence-corrected chi connectivity index (χ2v) is 3.74. The molecule has 11 heavy (non-hydrogen) atoms. The molecule has 0 spiro atoms. The molecule has 0 radical (unpaired) electrons. The van der Waals surface area contributed by atoms with Gasteiger partial charge in [0.1, 0.15) is 0 Å².